The number of rotatable bonds is 4. The first-order chi connectivity index (χ1) is 9.83. The minimum atomic E-state index is -3.13. The Morgan fingerprint density at radius 3 is 2.57 bits per heavy atom. The summed E-state index contributed by atoms with van der Waals surface area (Å²) in [6.45, 7) is 1.84. The number of nitrogens with one attached hydrogen (secondary N) is 1. The highest BCUT2D eigenvalue weighted by molar-refractivity contribution is 7.89. The number of anilines is 1. The molecule has 0 saturated heterocycles. The van der Waals surface area contributed by atoms with Crippen LogP contribution in [0.15, 0.2) is 42.5 Å². The molecule has 1 heterocycles. The summed E-state index contributed by atoms with van der Waals surface area (Å²) in [6, 6.07) is 11.9. The van der Waals surface area contributed by atoms with Crippen LogP contribution in [-0.2, 0) is 15.6 Å². The molecule has 0 spiro atoms. The van der Waals surface area contributed by atoms with Crippen molar-refractivity contribution < 1.29 is 13.2 Å². The average molecular weight is 304 g/mol. The van der Waals surface area contributed by atoms with Crippen molar-refractivity contribution in [2.45, 2.75) is 12.7 Å². The molecule has 0 bridgehead atoms. The lowest BCUT2D eigenvalue weighted by atomic mass is 10.1. The fraction of sp³-hybridized carbons (Fsp3) is 0.200. The van der Waals surface area contributed by atoms with E-state index in [1.807, 2.05) is 13.0 Å². The predicted octanol–water partition coefficient (Wildman–Crippen LogP) is 2.19. The van der Waals surface area contributed by atoms with Crippen LogP contribution in [-0.4, -0.2) is 25.6 Å². The van der Waals surface area contributed by atoms with Crippen molar-refractivity contribution in [1.29, 1.82) is 0 Å². The molecule has 6 heteroatoms. The highest BCUT2D eigenvalue weighted by Crippen LogP contribution is 2.11. The molecule has 0 atom stereocenters. The van der Waals surface area contributed by atoms with E-state index >= 15 is 0 Å². The normalized spacial score (nSPS) is 11.1. The summed E-state index contributed by atoms with van der Waals surface area (Å²) in [5.74, 6) is 0.0635. The number of amides is 1. The minimum absolute atomic E-state index is 0.0865. The summed E-state index contributed by atoms with van der Waals surface area (Å²) in [4.78, 5) is 16.3. The third kappa shape index (κ3) is 4.68. The van der Waals surface area contributed by atoms with E-state index in [1.54, 1.807) is 36.4 Å². The first-order valence-corrected chi connectivity index (χ1v) is 8.41. The van der Waals surface area contributed by atoms with Gasteiger partial charge in [-0.15, -0.1) is 0 Å². The molecule has 1 aromatic heterocycles. The Labute approximate surface area is 124 Å². The Hall–Kier alpha value is -2.21. The molecule has 21 heavy (non-hydrogen) atoms. The summed E-state index contributed by atoms with van der Waals surface area (Å²) < 4.78 is 22.6. The van der Waals surface area contributed by atoms with Crippen molar-refractivity contribution in [2.24, 2.45) is 0 Å². The van der Waals surface area contributed by atoms with Gasteiger partial charge in [0.2, 0.25) is 0 Å². The molecule has 0 aliphatic carbocycles. The monoisotopic (exact) mass is 304 g/mol. The van der Waals surface area contributed by atoms with Crippen LogP contribution in [0.5, 0.6) is 0 Å². The molecule has 0 fully saturated rings. The number of carbonyl (C=O) groups is 1. The van der Waals surface area contributed by atoms with Gasteiger partial charge in [-0.05, 0) is 36.8 Å². The van der Waals surface area contributed by atoms with Crippen molar-refractivity contribution in [3.63, 3.8) is 0 Å². The number of nitrogens with zero attached hydrogens (tertiary/aromatic N) is 1. The molecular weight excluding hydrogens is 288 g/mol. The Morgan fingerprint density at radius 2 is 1.90 bits per heavy atom. The molecule has 110 valence electrons. The van der Waals surface area contributed by atoms with Crippen LogP contribution >= 0.6 is 0 Å². The number of pyridine rings is 1. The van der Waals surface area contributed by atoms with Crippen LogP contribution < -0.4 is 5.32 Å². The van der Waals surface area contributed by atoms with Crippen molar-refractivity contribution in [3.05, 3.63) is 59.3 Å². The van der Waals surface area contributed by atoms with E-state index in [-0.39, 0.29) is 11.7 Å². The molecular formula is C15H16N2O3S. The van der Waals surface area contributed by atoms with Gasteiger partial charge >= 0.3 is 0 Å². The van der Waals surface area contributed by atoms with Gasteiger partial charge in [0.15, 0.2) is 9.84 Å². The van der Waals surface area contributed by atoms with Gasteiger partial charge in [0.25, 0.3) is 5.91 Å². The summed E-state index contributed by atoms with van der Waals surface area (Å²) in [5, 5.41) is 2.69. The third-order valence-electron chi connectivity index (χ3n) is 2.75. The molecule has 1 amide bonds. The second-order valence-corrected chi connectivity index (χ2v) is 7.03. The van der Waals surface area contributed by atoms with Gasteiger partial charge in [0, 0.05) is 17.5 Å². The maximum atomic E-state index is 12.1. The van der Waals surface area contributed by atoms with Crippen LogP contribution in [0.4, 0.5) is 5.82 Å². The maximum absolute atomic E-state index is 12.1. The van der Waals surface area contributed by atoms with E-state index in [0.717, 1.165) is 11.9 Å². The summed E-state index contributed by atoms with van der Waals surface area (Å²) in [7, 11) is -3.13. The molecule has 0 aliphatic rings. The number of benzene rings is 1. The third-order valence-corrected chi connectivity index (χ3v) is 3.61. The molecule has 0 aliphatic heterocycles. The second kappa shape index (κ2) is 6.05. The van der Waals surface area contributed by atoms with Gasteiger partial charge in [-0.3, -0.25) is 4.79 Å². The van der Waals surface area contributed by atoms with E-state index in [1.165, 1.54) is 0 Å². The zero-order chi connectivity index (χ0) is 15.5. The first-order valence-electron chi connectivity index (χ1n) is 6.35. The van der Waals surface area contributed by atoms with E-state index in [9.17, 15) is 13.2 Å². The lowest BCUT2D eigenvalue weighted by molar-refractivity contribution is 0.102. The molecule has 0 unspecified atom stereocenters. The van der Waals surface area contributed by atoms with Gasteiger partial charge < -0.3 is 5.32 Å². The molecule has 5 nitrogen and oxygen atoms in total. The smallest absolute Gasteiger partial charge is 0.256 e. The highest BCUT2D eigenvalue weighted by atomic mass is 32.2. The van der Waals surface area contributed by atoms with E-state index in [4.69, 9.17) is 0 Å². The van der Waals surface area contributed by atoms with Gasteiger partial charge in [0.05, 0.1) is 5.75 Å². The Kier molecular flexibility index (Phi) is 4.37. The summed E-state index contributed by atoms with van der Waals surface area (Å²) in [6.07, 6.45) is 1.16. The van der Waals surface area contributed by atoms with Crippen LogP contribution in [0, 0.1) is 6.92 Å². The van der Waals surface area contributed by atoms with Crippen molar-refractivity contribution >= 4 is 21.6 Å². The van der Waals surface area contributed by atoms with E-state index < -0.39 is 9.84 Å². The van der Waals surface area contributed by atoms with Crippen molar-refractivity contribution in [1.82, 2.24) is 4.98 Å². The Balaban J connectivity index is 2.18. The SMILES string of the molecule is Cc1cccc(NC(=O)c2cccc(CS(C)(=O)=O)c2)n1. The Morgan fingerprint density at radius 1 is 1.19 bits per heavy atom. The predicted molar refractivity (Wildman–Crippen MR) is 81.9 cm³/mol. The largest absolute Gasteiger partial charge is 0.307 e. The zero-order valence-corrected chi connectivity index (χ0v) is 12.6. The van der Waals surface area contributed by atoms with Crippen molar-refractivity contribution in [2.75, 3.05) is 11.6 Å². The molecule has 1 N–H and O–H groups in total. The fourth-order valence-electron chi connectivity index (χ4n) is 1.91. The second-order valence-electron chi connectivity index (χ2n) is 4.89. The van der Waals surface area contributed by atoms with E-state index in [2.05, 4.69) is 10.3 Å². The number of aryl methyl sites for hydroxylation is 1. The number of hydrogen-bond acceptors (Lipinski definition) is 4. The summed E-state index contributed by atoms with van der Waals surface area (Å²) in [5.41, 5.74) is 1.79. The average Bonchev–Trinajstić information content (AvgIpc) is 2.37. The van der Waals surface area contributed by atoms with Gasteiger partial charge in [-0.1, -0.05) is 18.2 Å². The summed E-state index contributed by atoms with van der Waals surface area (Å²) >= 11 is 0. The molecule has 0 saturated carbocycles. The topological polar surface area (TPSA) is 76.1 Å². The van der Waals surface area contributed by atoms with Crippen LogP contribution in [0.25, 0.3) is 0 Å². The lowest BCUT2D eigenvalue weighted by Gasteiger charge is -2.06. The fourth-order valence-corrected chi connectivity index (χ4v) is 2.69. The molecule has 2 rings (SSSR count). The number of hydrogen-bond donors (Lipinski definition) is 1. The zero-order valence-electron chi connectivity index (χ0n) is 11.8. The van der Waals surface area contributed by atoms with E-state index in [0.29, 0.717) is 16.9 Å². The molecule has 1 aromatic carbocycles. The minimum Gasteiger partial charge on any atom is -0.307 e. The lowest BCUT2D eigenvalue weighted by Crippen LogP contribution is -2.13. The standard InChI is InChI=1S/C15H16N2O3S/c1-11-5-3-8-14(16-11)17-15(18)13-7-4-6-12(9-13)10-21(2,19)20/h3-9H,10H2,1-2H3,(H,16,17,18). The Bertz CT molecular complexity index is 770. The molecule has 0 radical (unpaired) electrons. The van der Waals surface area contributed by atoms with Crippen LogP contribution in [0.3, 0.4) is 0 Å². The highest BCUT2D eigenvalue weighted by Gasteiger charge is 2.10. The number of sulfone groups is 1. The number of carbonyl (C=O) groups excluding carboxylic acids is 1. The first kappa shape index (κ1) is 15.2. The van der Waals surface area contributed by atoms with Crippen LogP contribution in [0.2, 0.25) is 0 Å². The van der Waals surface area contributed by atoms with Gasteiger partial charge in [-0.2, -0.15) is 0 Å². The number of aromatic nitrogens is 1. The maximum Gasteiger partial charge on any atom is 0.256 e. The van der Waals surface area contributed by atoms with Gasteiger partial charge in [-0.25, -0.2) is 13.4 Å². The quantitative estimate of drug-likeness (QED) is 0.939. The van der Waals surface area contributed by atoms with Gasteiger partial charge in [0.1, 0.15) is 5.82 Å². The molecule has 2 aromatic rings. The van der Waals surface area contributed by atoms with Crippen molar-refractivity contribution in [3.8, 4) is 0 Å². The van der Waals surface area contributed by atoms with Crippen LogP contribution in [0.1, 0.15) is 21.6 Å².